The van der Waals surface area contributed by atoms with E-state index in [9.17, 15) is 9.18 Å². The Morgan fingerprint density at radius 2 is 2.09 bits per heavy atom. The molecule has 2 aliphatic rings. The molecule has 1 unspecified atom stereocenters. The van der Waals surface area contributed by atoms with E-state index in [0.717, 1.165) is 51.1 Å². The van der Waals surface area contributed by atoms with Crippen LogP contribution in [0.4, 0.5) is 10.1 Å². The van der Waals surface area contributed by atoms with Crippen LogP contribution in [-0.2, 0) is 0 Å². The molecule has 1 aliphatic heterocycles. The van der Waals surface area contributed by atoms with Crippen molar-refractivity contribution in [3.8, 4) is 0 Å². The van der Waals surface area contributed by atoms with E-state index in [-0.39, 0.29) is 11.7 Å². The fraction of sp³-hybridized carbons (Fsp3) is 0.647. The van der Waals surface area contributed by atoms with E-state index in [0.29, 0.717) is 6.04 Å². The zero-order valence-electron chi connectivity index (χ0n) is 13.9. The van der Waals surface area contributed by atoms with Gasteiger partial charge in [0.15, 0.2) is 11.5 Å². The zero-order valence-corrected chi connectivity index (χ0v) is 13.9. The minimum Gasteiger partial charge on any atom is -0.368 e. The summed E-state index contributed by atoms with van der Waals surface area (Å²) in [5.74, 6) is -0.942. The van der Waals surface area contributed by atoms with Crippen LogP contribution in [0.1, 0.15) is 43.6 Å². The molecule has 0 aromatic carbocycles. The first kappa shape index (κ1) is 16.2. The summed E-state index contributed by atoms with van der Waals surface area (Å²) in [5.41, 5.74) is 0.660. The number of piperazine rings is 1. The Morgan fingerprint density at radius 1 is 1.39 bits per heavy atom. The maximum Gasteiger partial charge on any atom is 0.273 e. The first-order valence-corrected chi connectivity index (χ1v) is 8.54. The lowest BCUT2D eigenvalue weighted by molar-refractivity contribution is 0.0941. The maximum absolute atomic E-state index is 14.2. The van der Waals surface area contributed by atoms with Gasteiger partial charge >= 0.3 is 0 Å². The first-order chi connectivity index (χ1) is 11.1. The highest BCUT2D eigenvalue weighted by Gasteiger charge is 2.26. The molecule has 1 aromatic heterocycles. The van der Waals surface area contributed by atoms with E-state index in [1.807, 2.05) is 0 Å². The second kappa shape index (κ2) is 6.83. The van der Waals surface area contributed by atoms with Crippen molar-refractivity contribution < 1.29 is 9.18 Å². The number of hydrogen-bond acceptors (Lipinski definition) is 4. The molecule has 3 rings (SSSR count). The lowest BCUT2D eigenvalue weighted by Crippen LogP contribution is -2.49. The largest absolute Gasteiger partial charge is 0.368 e. The molecule has 0 spiro atoms. The van der Waals surface area contributed by atoms with Crippen LogP contribution in [0.15, 0.2) is 12.3 Å². The predicted octanol–water partition coefficient (Wildman–Crippen LogP) is 2.03. The van der Waals surface area contributed by atoms with Crippen LogP contribution in [0.2, 0.25) is 0 Å². The number of halogens is 1. The molecule has 1 aromatic rings. The van der Waals surface area contributed by atoms with Crippen molar-refractivity contribution in [1.29, 1.82) is 0 Å². The molecule has 1 N–H and O–H groups in total. The zero-order chi connectivity index (χ0) is 16.4. The van der Waals surface area contributed by atoms with Crippen LogP contribution in [0.3, 0.4) is 0 Å². The molecule has 5 nitrogen and oxygen atoms in total. The van der Waals surface area contributed by atoms with Crippen molar-refractivity contribution in [3.05, 3.63) is 23.8 Å². The average molecular weight is 320 g/mol. The van der Waals surface area contributed by atoms with Crippen LogP contribution >= 0.6 is 0 Å². The first-order valence-electron chi connectivity index (χ1n) is 8.54. The van der Waals surface area contributed by atoms with Crippen molar-refractivity contribution >= 4 is 11.6 Å². The van der Waals surface area contributed by atoms with Gasteiger partial charge in [-0.2, -0.15) is 0 Å². The second-order valence-corrected chi connectivity index (χ2v) is 6.55. The van der Waals surface area contributed by atoms with Gasteiger partial charge in [0.1, 0.15) is 0 Å². The topological polar surface area (TPSA) is 48.5 Å². The highest BCUT2D eigenvalue weighted by molar-refractivity contribution is 5.93. The van der Waals surface area contributed by atoms with Crippen LogP contribution in [0.25, 0.3) is 0 Å². The SMILES string of the molecule is CCC(C)N1CCN(c2cnc(C(=O)NC3CC3)c(F)c2)CC1. The van der Waals surface area contributed by atoms with Gasteiger partial charge in [0.2, 0.25) is 0 Å². The molecule has 1 aliphatic carbocycles. The summed E-state index contributed by atoms with van der Waals surface area (Å²) in [4.78, 5) is 20.6. The van der Waals surface area contributed by atoms with Crippen LogP contribution in [-0.4, -0.2) is 54.1 Å². The number of aromatic nitrogens is 1. The smallest absolute Gasteiger partial charge is 0.273 e. The Bertz CT molecular complexity index is 568. The van der Waals surface area contributed by atoms with Crippen LogP contribution in [0, 0.1) is 5.82 Å². The summed E-state index contributed by atoms with van der Waals surface area (Å²) in [6, 6.07) is 2.23. The summed E-state index contributed by atoms with van der Waals surface area (Å²) in [7, 11) is 0. The predicted molar refractivity (Wildman–Crippen MR) is 88.2 cm³/mol. The van der Waals surface area contributed by atoms with Gasteiger partial charge in [-0.1, -0.05) is 6.92 Å². The molecule has 1 atom stereocenters. The fourth-order valence-corrected chi connectivity index (χ4v) is 2.93. The van der Waals surface area contributed by atoms with Gasteiger partial charge in [0.25, 0.3) is 5.91 Å². The number of nitrogens with one attached hydrogen (secondary N) is 1. The molecule has 1 amide bonds. The van der Waals surface area contributed by atoms with Crippen LogP contribution < -0.4 is 10.2 Å². The van der Waals surface area contributed by atoms with Gasteiger partial charge in [-0.05, 0) is 26.2 Å². The van der Waals surface area contributed by atoms with E-state index >= 15 is 0 Å². The number of hydrogen-bond donors (Lipinski definition) is 1. The lowest BCUT2D eigenvalue weighted by atomic mass is 10.2. The highest BCUT2D eigenvalue weighted by Crippen LogP contribution is 2.22. The Labute approximate surface area is 136 Å². The molecule has 6 heteroatoms. The standard InChI is InChI=1S/C17H25FN4O/c1-3-12(2)21-6-8-22(9-7-21)14-10-15(18)16(19-11-14)17(23)20-13-4-5-13/h10-13H,3-9H2,1-2H3,(H,20,23). The monoisotopic (exact) mass is 320 g/mol. The second-order valence-electron chi connectivity index (χ2n) is 6.55. The van der Waals surface area contributed by atoms with Gasteiger partial charge in [-0.3, -0.25) is 9.69 Å². The average Bonchev–Trinajstić information content (AvgIpc) is 3.38. The van der Waals surface area contributed by atoms with Gasteiger partial charge < -0.3 is 10.2 Å². The normalized spacial score (nSPS) is 20.4. The Morgan fingerprint density at radius 3 is 2.65 bits per heavy atom. The Kier molecular flexibility index (Phi) is 4.80. The molecule has 1 saturated heterocycles. The van der Waals surface area contributed by atoms with Crippen molar-refractivity contribution in [2.24, 2.45) is 0 Å². The van der Waals surface area contributed by atoms with Gasteiger partial charge in [-0.15, -0.1) is 0 Å². The van der Waals surface area contributed by atoms with E-state index in [2.05, 4.69) is 33.9 Å². The molecule has 2 fully saturated rings. The quantitative estimate of drug-likeness (QED) is 0.902. The molecular formula is C17H25FN4O. The third kappa shape index (κ3) is 3.80. The minimum absolute atomic E-state index is 0.0982. The summed E-state index contributed by atoms with van der Waals surface area (Å²) in [5, 5.41) is 2.77. The van der Waals surface area contributed by atoms with Gasteiger partial charge in [0.05, 0.1) is 11.9 Å². The Balaban J connectivity index is 1.63. The third-order valence-corrected chi connectivity index (χ3v) is 4.85. The van der Waals surface area contributed by atoms with Crippen molar-refractivity contribution in [2.45, 2.75) is 45.2 Å². The van der Waals surface area contributed by atoms with E-state index in [1.165, 1.54) is 6.07 Å². The molecule has 126 valence electrons. The van der Waals surface area contributed by atoms with E-state index in [4.69, 9.17) is 0 Å². The summed E-state index contributed by atoms with van der Waals surface area (Å²) >= 11 is 0. The number of carbonyl (C=O) groups excluding carboxylic acids is 1. The fourth-order valence-electron chi connectivity index (χ4n) is 2.93. The van der Waals surface area contributed by atoms with E-state index < -0.39 is 11.7 Å². The number of pyridine rings is 1. The molecule has 0 radical (unpaired) electrons. The number of nitrogens with zero attached hydrogens (tertiary/aromatic N) is 3. The maximum atomic E-state index is 14.2. The molecular weight excluding hydrogens is 295 g/mol. The summed E-state index contributed by atoms with van der Waals surface area (Å²) < 4.78 is 14.2. The van der Waals surface area contributed by atoms with Gasteiger partial charge in [-0.25, -0.2) is 9.37 Å². The Hall–Kier alpha value is -1.69. The van der Waals surface area contributed by atoms with Crippen molar-refractivity contribution in [3.63, 3.8) is 0 Å². The molecule has 23 heavy (non-hydrogen) atoms. The van der Waals surface area contributed by atoms with Crippen LogP contribution in [0.5, 0.6) is 0 Å². The number of anilines is 1. The summed E-state index contributed by atoms with van der Waals surface area (Å²) in [6.45, 7) is 8.10. The van der Waals surface area contributed by atoms with E-state index in [1.54, 1.807) is 6.20 Å². The molecule has 1 saturated carbocycles. The number of rotatable bonds is 5. The molecule has 0 bridgehead atoms. The van der Waals surface area contributed by atoms with Crippen molar-refractivity contribution in [1.82, 2.24) is 15.2 Å². The summed E-state index contributed by atoms with van der Waals surface area (Å²) in [6.07, 6.45) is 4.71. The highest BCUT2D eigenvalue weighted by atomic mass is 19.1. The van der Waals surface area contributed by atoms with Crippen molar-refractivity contribution in [2.75, 3.05) is 31.1 Å². The number of carbonyl (C=O) groups is 1. The third-order valence-electron chi connectivity index (χ3n) is 4.85. The van der Waals surface area contributed by atoms with Gasteiger partial charge in [0, 0.05) is 44.3 Å². The molecule has 2 heterocycles. The minimum atomic E-state index is -0.537. The lowest BCUT2D eigenvalue weighted by Gasteiger charge is -2.38. The number of amides is 1.